The summed E-state index contributed by atoms with van der Waals surface area (Å²) in [6, 6.07) is 28.3. The van der Waals surface area contributed by atoms with Crippen LogP contribution in [0.4, 0.5) is 5.69 Å². The van der Waals surface area contributed by atoms with E-state index >= 15 is 0 Å². The second kappa shape index (κ2) is 13.3. The number of Topliss-reactive ketones (excluding diaryl/α,β-unsaturated/α-hetero) is 1. The molecule has 2 N–H and O–H groups in total. The van der Waals surface area contributed by atoms with E-state index < -0.39 is 5.91 Å². The molecule has 0 aliphatic rings. The maximum atomic E-state index is 13.2. The highest BCUT2D eigenvalue weighted by Gasteiger charge is 2.15. The lowest BCUT2D eigenvalue weighted by molar-refractivity contribution is -0.113. The third kappa shape index (κ3) is 8.07. The molecule has 8 heteroatoms. The average molecular weight is 576 g/mol. The third-order valence-electron chi connectivity index (χ3n) is 5.61. The highest BCUT2D eigenvalue weighted by Crippen LogP contribution is 2.25. The molecule has 5 nitrogen and oxygen atoms in total. The van der Waals surface area contributed by atoms with Crippen molar-refractivity contribution in [3.8, 4) is 0 Å². The van der Waals surface area contributed by atoms with Gasteiger partial charge in [0.2, 0.25) is 0 Å². The molecular weight excluding hydrogens is 551 g/mol. The summed E-state index contributed by atoms with van der Waals surface area (Å²) in [6.07, 6.45) is 1.64. The largest absolute Gasteiger partial charge is 0.321 e. The molecule has 0 saturated heterocycles. The SMILES string of the molecule is Cc1cccc(/C=C(\NC(=O)c2ccccc2)C(=O)Nc2ccc(SCC(=O)c3ccc(Cl)c(Cl)c3)cc2)c1. The standard InChI is InChI=1S/C31H24Cl2N2O3S/c1-20-6-5-7-21(16-20)17-28(35-30(37)22-8-3-2-4-9-22)31(38)34-24-11-13-25(14-12-24)39-19-29(36)23-10-15-26(32)27(33)18-23/h2-18H,19H2,1H3,(H,34,38)(H,35,37)/b28-17-. The number of nitrogens with one attached hydrogen (secondary N) is 2. The molecule has 0 saturated carbocycles. The number of benzene rings is 4. The highest BCUT2D eigenvalue weighted by atomic mass is 35.5. The van der Waals surface area contributed by atoms with Crippen molar-refractivity contribution >= 4 is 64.3 Å². The van der Waals surface area contributed by atoms with Crippen LogP contribution in [0.25, 0.3) is 6.08 Å². The Morgan fingerprint density at radius 2 is 1.54 bits per heavy atom. The van der Waals surface area contributed by atoms with Gasteiger partial charge in [-0.1, -0.05) is 71.2 Å². The van der Waals surface area contributed by atoms with Gasteiger partial charge in [0.15, 0.2) is 5.78 Å². The first-order chi connectivity index (χ1) is 18.8. The summed E-state index contributed by atoms with van der Waals surface area (Å²) in [6.45, 7) is 1.96. The lowest BCUT2D eigenvalue weighted by Crippen LogP contribution is -2.30. The summed E-state index contributed by atoms with van der Waals surface area (Å²) in [5, 5.41) is 6.31. The van der Waals surface area contributed by atoms with Gasteiger partial charge in [-0.2, -0.15) is 0 Å². The van der Waals surface area contributed by atoms with Crippen molar-refractivity contribution in [2.75, 3.05) is 11.1 Å². The Kier molecular flexibility index (Phi) is 9.60. The van der Waals surface area contributed by atoms with Crippen LogP contribution >= 0.6 is 35.0 Å². The van der Waals surface area contributed by atoms with E-state index in [-0.39, 0.29) is 23.1 Å². The summed E-state index contributed by atoms with van der Waals surface area (Å²) in [5.41, 5.74) is 3.41. The molecule has 0 aromatic heterocycles. The molecule has 0 bridgehead atoms. The summed E-state index contributed by atoms with van der Waals surface area (Å²) in [7, 11) is 0. The van der Waals surface area contributed by atoms with Crippen LogP contribution < -0.4 is 10.6 Å². The van der Waals surface area contributed by atoms with E-state index in [0.717, 1.165) is 16.0 Å². The number of hydrogen-bond donors (Lipinski definition) is 2. The van der Waals surface area contributed by atoms with Gasteiger partial charge in [-0.25, -0.2) is 0 Å². The Morgan fingerprint density at radius 3 is 2.23 bits per heavy atom. The Bertz CT molecular complexity index is 1540. The van der Waals surface area contributed by atoms with Crippen LogP contribution in [-0.2, 0) is 4.79 Å². The fourth-order valence-electron chi connectivity index (χ4n) is 3.60. The molecule has 0 atom stereocenters. The minimum atomic E-state index is -0.462. The number of ketones is 1. The van der Waals surface area contributed by atoms with Crippen LogP contribution in [0.2, 0.25) is 10.0 Å². The topological polar surface area (TPSA) is 75.3 Å². The summed E-state index contributed by atoms with van der Waals surface area (Å²) >= 11 is 13.3. The number of thioether (sulfide) groups is 1. The van der Waals surface area contributed by atoms with Crippen LogP contribution in [-0.4, -0.2) is 23.4 Å². The van der Waals surface area contributed by atoms with Crippen LogP contribution in [0.5, 0.6) is 0 Å². The van der Waals surface area contributed by atoms with Crippen molar-refractivity contribution in [1.82, 2.24) is 5.32 Å². The molecule has 0 aliphatic carbocycles. The van der Waals surface area contributed by atoms with Gasteiger partial charge < -0.3 is 10.6 Å². The normalized spacial score (nSPS) is 11.1. The average Bonchev–Trinajstić information content (AvgIpc) is 2.94. The first kappa shape index (κ1) is 28.2. The van der Waals surface area contributed by atoms with E-state index in [2.05, 4.69) is 10.6 Å². The number of amides is 2. The van der Waals surface area contributed by atoms with Gasteiger partial charge in [0.1, 0.15) is 5.70 Å². The number of rotatable bonds is 9. The summed E-state index contributed by atoms with van der Waals surface area (Å²) in [4.78, 5) is 39.4. The first-order valence-corrected chi connectivity index (χ1v) is 13.7. The monoisotopic (exact) mass is 574 g/mol. The van der Waals surface area contributed by atoms with Crippen LogP contribution in [0, 0.1) is 6.92 Å². The quantitative estimate of drug-likeness (QED) is 0.122. The molecule has 0 radical (unpaired) electrons. The maximum Gasteiger partial charge on any atom is 0.272 e. The van der Waals surface area contributed by atoms with Crippen molar-refractivity contribution in [2.45, 2.75) is 11.8 Å². The molecule has 196 valence electrons. The van der Waals surface area contributed by atoms with Crippen molar-refractivity contribution in [2.24, 2.45) is 0 Å². The van der Waals surface area contributed by atoms with E-state index in [1.807, 2.05) is 49.4 Å². The van der Waals surface area contributed by atoms with Crippen LogP contribution in [0.15, 0.2) is 108 Å². The molecule has 2 amide bonds. The zero-order valence-electron chi connectivity index (χ0n) is 20.9. The Hall–Kier alpha value is -3.84. The van der Waals surface area contributed by atoms with Gasteiger partial charge in [0.05, 0.1) is 15.8 Å². The molecule has 0 heterocycles. The Morgan fingerprint density at radius 1 is 0.795 bits per heavy atom. The molecule has 4 aromatic rings. The minimum absolute atomic E-state index is 0.0731. The third-order valence-corrected chi connectivity index (χ3v) is 7.36. The smallest absolute Gasteiger partial charge is 0.272 e. The molecule has 0 spiro atoms. The van der Waals surface area contributed by atoms with Crippen molar-refractivity contribution in [3.63, 3.8) is 0 Å². The predicted molar refractivity (Wildman–Crippen MR) is 160 cm³/mol. The van der Waals surface area contributed by atoms with Gasteiger partial charge in [-0.3, -0.25) is 14.4 Å². The molecule has 0 aliphatic heterocycles. The van der Waals surface area contributed by atoms with Crippen LogP contribution in [0.3, 0.4) is 0 Å². The second-order valence-corrected chi connectivity index (χ2v) is 10.5. The zero-order valence-corrected chi connectivity index (χ0v) is 23.2. The van der Waals surface area contributed by atoms with Gasteiger partial charge >= 0.3 is 0 Å². The number of anilines is 1. The summed E-state index contributed by atoms with van der Waals surface area (Å²) < 4.78 is 0. The fourth-order valence-corrected chi connectivity index (χ4v) is 4.69. The van der Waals surface area contributed by atoms with Crippen molar-refractivity contribution < 1.29 is 14.4 Å². The fraction of sp³-hybridized carbons (Fsp3) is 0.0645. The second-order valence-electron chi connectivity index (χ2n) is 8.61. The number of halogens is 2. The van der Waals surface area contributed by atoms with Gasteiger partial charge in [0.25, 0.3) is 11.8 Å². The lowest BCUT2D eigenvalue weighted by atomic mass is 10.1. The summed E-state index contributed by atoms with van der Waals surface area (Å²) in [5.74, 6) is -0.700. The van der Waals surface area contributed by atoms with Gasteiger partial charge in [0, 0.05) is 21.7 Å². The lowest BCUT2D eigenvalue weighted by Gasteiger charge is -2.12. The highest BCUT2D eigenvalue weighted by molar-refractivity contribution is 8.00. The molecule has 39 heavy (non-hydrogen) atoms. The zero-order chi connectivity index (χ0) is 27.8. The van der Waals surface area contributed by atoms with Gasteiger partial charge in [-0.05, 0) is 73.2 Å². The molecule has 4 aromatic carbocycles. The molecular formula is C31H24Cl2N2O3S. The van der Waals surface area contributed by atoms with Gasteiger partial charge in [-0.15, -0.1) is 11.8 Å². The van der Waals surface area contributed by atoms with E-state index in [9.17, 15) is 14.4 Å². The van der Waals surface area contributed by atoms with E-state index in [0.29, 0.717) is 26.9 Å². The molecule has 0 fully saturated rings. The minimum Gasteiger partial charge on any atom is -0.321 e. The van der Waals surface area contributed by atoms with Crippen molar-refractivity contribution in [1.29, 1.82) is 0 Å². The van der Waals surface area contributed by atoms with E-state index in [1.54, 1.807) is 60.7 Å². The molecule has 0 unspecified atom stereocenters. The van der Waals surface area contributed by atoms with Crippen molar-refractivity contribution in [3.05, 3.63) is 135 Å². The number of carbonyl (C=O) groups excluding carboxylic acids is 3. The maximum absolute atomic E-state index is 13.2. The number of aryl methyl sites for hydroxylation is 1. The van der Waals surface area contributed by atoms with E-state index in [4.69, 9.17) is 23.2 Å². The number of hydrogen-bond acceptors (Lipinski definition) is 4. The first-order valence-electron chi connectivity index (χ1n) is 12.0. The van der Waals surface area contributed by atoms with E-state index in [1.165, 1.54) is 11.8 Å². The predicted octanol–water partition coefficient (Wildman–Crippen LogP) is 7.69. The number of carbonyl (C=O) groups is 3. The molecule has 4 rings (SSSR count). The Balaban J connectivity index is 1.44. The Labute approximate surface area is 241 Å². The van der Waals surface area contributed by atoms with Crippen LogP contribution in [0.1, 0.15) is 31.8 Å².